The summed E-state index contributed by atoms with van der Waals surface area (Å²) in [6, 6.07) is 16.6. The van der Waals surface area contributed by atoms with Gasteiger partial charge >= 0.3 is 0 Å². The zero-order valence-corrected chi connectivity index (χ0v) is 23.0. The summed E-state index contributed by atoms with van der Waals surface area (Å²) in [6.45, 7) is 3.77. The number of sulfonamides is 1. The molecule has 0 saturated carbocycles. The summed E-state index contributed by atoms with van der Waals surface area (Å²) in [5, 5.41) is 4.82. The molecule has 0 radical (unpaired) electrons. The number of rotatable bonds is 8. The number of carbonyl (C=O) groups is 1. The molecule has 0 N–H and O–H groups in total. The molecule has 0 spiro atoms. The van der Waals surface area contributed by atoms with E-state index < -0.39 is 10.0 Å². The average Bonchev–Trinajstić information content (AvgIpc) is 3.65. The van der Waals surface area contributed by atoms with Crippen LogP contribution in [-0.4, -0.2) is 57.3 Å². The first-order valence-corrected chi connectivity index (χ1v) is 15.1. The normalized spacial score (nSPS) is 17.9. The summed E-state index contributed by atoms with van der Waals surface area (Å²) in [5.41, 5.74) is 2.85. The quantitative estimate of drug-likeness (QED) is 0.278. The Hall–Kier alpha value is -2.79. The molecular formula is C27H28N4O3S3. The van der Waals surface area contributed by atoms with Crippen molar-refractivity contribution in [2.45, 2.75) is 37.5 Å². The van der Waals surface area contributed by atoms with E-state index in [4.69, 9.17) is 17.3 Å². The second-order valence-electron chi connectivity index (χ2n) is 9.04. The van der Waals surface area contributed by atoms with Gasteiger partial charge in [-0.15, -0.1) is 0 Å². The molecule has 1 aromatic heterocycles. The number of thioether (sulfide) groups is 1. The van der Waals surface area contributed by atoms with Crippen molar-refractivity contribution in [1.82, 2.24) is 19.0 Å². The first kappa shape index (κ1) is 25.8. The summed E-state index contributed by atoms with van der Waals surface area (Å²) in [6.07, 6.45) is 7.29. The number of hydrogen-bond donors (Lipinski definition) is 0. The van der Waals surface area contributed by atoms with E-state index in [1.807, 2.05) is 48.7 Å². The van der Waals surface area contributed by atoms with Crippen LogP contribution < -0.4 is 0 Å². The van der Waals surface area contributed by atoms with Crippen molar-refractivity contribution in [2.24, 2.45) is 0 Å². The van der Waals surface area contributed by atoms with Crippen molar-refractivity contribution in [2.75, 3.05) is 19.6 Å². The molecule has 5 rings (SSSR count). The van der Waals surface area contributed by atoms with Crippen molar-refractivity contribution in [3.63, 3.8) is 0 Å². The maximum Gasteiger partial charge on any atom is 0.266 e. The van der Waals surface area contributed by atoms with Crippen LogP contribution in [0.15, 0.2) is 70.6 Å². The molecule has 7 nitrogen and oxygen atoms in total. The second kappa shape index (κ2) is 10.9. The van der Waals surface area contributed by atoms with Crippen LogP contribution in [0.1, 0.15) is 38.2 Å². The summed E-state index contributed by atoms with van der Waals surface area (Å²) in [5.74, 6) is -0.104. The number of aromatic nitrogens is 2. The lowest BCUT2D eigenvalue weighted by atomic mass is 10.1. The maximum atomic E-state index is 13.2. The van der Waals surface area contributed by atoms with E-state index in [0.717, 1.165) is 36.9 Å². The number of carbonyl (C=O) groups excluding carboxylic acids is 1. The van der Waals surface area contributed by atoms with Crippen molar-refractivity contribution < 1.29 is 13.2 Å². The van der Waals surface area contributed by atoms with Crippen molar-refractivity contribution in [3.05, 3.63) is 71.3 Å². The third-order valence-electron chi connectivity index (χ3n) is 6.47. The van der Waals surface area contributed by atoms with Crippen LogP contribution in [0, 0.1) is 0 Å². The van der Waals surface area contributed by atoms with Crippen molar-refractivity contribution >= 4 is 50.3 Å². The van der Waals surface area contributed by atoms with Gasteiger partial charge in [-0.2, -0.15) is 9.40 Å². The zero-order valence-electron chi connectivity index (χ0n) is 20.5. The Morgan fingerprint density at radius 1 is 1.08 bits per heavy atom. The number of nitrogens with zero attached hydrogens (tertiary/aromatic N) is 4. The number of unbranched alkanes of at least 4 members (excludes halogenated alkanes) is 1. The molecule has 0 atom stereocenters. The predicted octanol–water partition coefficient (Wildman–Crippen LogP) is 5.33. The summed E-state index contributed by atoms with van der Waals surface area (Å²) < 4.78 is 30.3. The molecule has 3 heterocycles. The summed E-state index contributed by atoms with van der Waals surface area (Å²) >= 11 is 6.77. The van der Waals surface area contributed by atoms with Crippen molar-refractivity contribution in [3.8, 4) is 16.9 Å². The average molecular weight is 553 g/mol. The van der Waals surface area contributed by atoms with Gasteiger partial charge in [0, 0.05) is 37.0 Å². The fourth-order valence-electron chi connectivity index (χ4n) is 4.46. The number of thiocarbonyl (C=S) groups is 1. The molecule has 3 aromatic rings. The lowest BCUT2D eigenvalue weighted by molar-refractivity contribution is -0.122. The molecule has 2 aliphatic heterocycles. The van der Waals surface area contributed by atoms with Gasteiger partial charge in [0.05, 0.1) is 15.5 Å². The standard InChI is InChI=1S/C27H28N4O3S3/c1-2-3-16-30-26(32)24(36-27(30)35)18-21-19-31(22-11-5-4-6-12-22)28-25(21)20-10-9-13-23(17-20)37(33,34)29-14-7-8-15-29/h4-6,9-13,17-19H,2-3,7-8,14-16H2,1H3/b24-18-. The van der Waals surface area contributed by atoms with Gasteiger partial charge in [0.15, 0.2) is 0 Å². The maximum absolute atomic E-state index is 13.2. The molecule has 0 aliphatic carbocycles. The minimum Gasteiger partial charge on any atom is -0.293 e. The Morgan fingerprint density at radius 2 is 1.84 bits per heavy atom. The Labute approximate surface area is 227 Å². The number of amides is 1. The van der Waals surface area contributed by atoms with Gasteiger partial charge in [0.1, 0.15) is 10.0 Å². The number of hydrogen-bond acceptors (Lipinski definition) is 6. The fraction of sp³-hybridized carbons (Fsp3) is 0.296. The van der Waals surface area contributed by atoms with Crippen LogP contribution in [0.3, 0.4) is 0 Å². The molecule has 192 valence electrons. The van der Waals surface area contributed by atoms with E-state index in [0.29, 0.717) is 40.1 Å². The first-order chi connectivity index (χ1) is 17.9. The molecule has 2 aromatic carbocycles. The van der Waals surface area contributed by atoms with E-state index in [2.05, 4.69) is 6.92 Å². The van der Waals surface area contributed by atoms with Gasteiger partial charge in [0.25, 0.3) is 5.91 Å². The fourth-order valence-corrected chi connectivity index (χ4v) is 7.32. The Bertz CT molecular complexity index is 1460. The minimum atomic E-state index is -3.58. The summed E-state index contributed by atoms with van der Waals surface area (Å²) in [4.78, 5) is 15.6. The summed E-state index contributed by atoms with van der Waals surface area (Å²) in [7, 11) is -3.58. The molecule has 0 bridgehead atoms. The number of para-hydroxylation sites is 1. The van der Waals surface area contributed by atoms with Gasteiger partial charge in [0.2, 0.25) is 10.0 Å². The SMILES string of the molecule is CCCCN1C(=O)/C(=C/c2cn(-c3ccccc3)nc2-c2cccc(S(=O)(=O)N3CCCC3)c2)SC1=S. The molecule has 2 fully saturated rings. The highest BCUT2D eigenvalue weighted by Crippen LogP contribution is 2.35. The largest absolute Gasteiger partial charge is 0.293 e. The molecular weight excluding hydrogens is 525 g/mol. The lowest BCUT2D eigenvalue weighted by Gasteiger charge is -2.16. The third kappa shape index (κ3) is 5.29. The third-order valence-corrected chi connectivity index (χ3v) is 9.74. The highest BCUT2D eigenvalue weighted by Gasteiger charge is 2.32. The zero-order chi connectivity index (χ0) is 26.0. The van der Waals surface area contributed by atoms with Gasteiger partial charge < -0.3 is 0 Å². The second-order valence-corrected chi connectivity index (χ2v) is 12.7. The molecule has 0 unspecified atom stereocenters. The van der Waals surface area contributed by atoms with Crippen LogP contribution in [0.4, 0.5) is 0 Å². The Kier molecular flexibility index (Phi) is 7.62. The molecule has 10 heteroatoms. The van der Waals surface area contributed by atoms with Crippen LogP contribution in [0.2, 0.25) is 0 Å². The van der Waals surface area contributed by atoms with Crippen LogP contribution in [0.25, 0.3) is 23.0 Å². The van der Waals surface area contributed by atoms with Crippen LogP contribution in [0.5, 0.6) is 0 Å². The van der Waals surface area contributed by atoms with Gasteiger partial charge in [-0.1, -0.05) is 67.7 Å². The molecule has 37 heavy (non-hydrogen) atoms. The first-order valence-electron chi connectivity index (χ1n) is 12.4. The van der Waals surface area contributed by atoms with E-state index in [1.165, 1.54) is 16.1 Å². The van der Waals surface area contributed by atoms with Gasteiger partial charge in [-0.05, 0) is 49.6 Å². The van der Waals surface area contributed by atoms with Crippen molar-refractivity contribution in [1.29, 1.82) is 0 Å². The Morgan fingerprint density at radius 3 is 2.57 bits per heavy atom. The number of benzene rings is 2. The minimum absolute atomic E-state index is 0.104. The topological polar surface area (TPSA) is 75.5 Å². The van der Waals surface area contributed by atoms with E-state index in [9.17, 15) is 13.2 Å². The molecule has 1 amide bonds. The van der Waals surface area contributed by atoms with Crippen LogP contribution in [-0.2, 0) is 14.8 Å². The monoisotopic (exact) mass is 552 g/mol. The molecule has 2 aliphatic rings. The lowest BCUT2D eigenvalue weighted by Crippen LogP contribution is -2.28. The highest BCUT2D eigenvalue weighted by atomic mass is 32.2. The smallest absolute Gasteiger partial charge is 0.266 e. The van der Waals surface area contributed by atoms with E-state index >= 15 is 0 Å². The highest BCUT2D eigenvalue weighted by molar-refractivity contribution is 8.26. The van der Waals surface area contributed by atoms with E-state index in [-0.39, 0.29) is 10.8 Å². The Balaban J connectivity index is 1.57. The predicted molar refractivity (Wildman–Crippen MR) is 152 cm³/mol. The van der Waals surface area contributed by atoms with Gasteiger partial charge in [-0.25, -0.2) is 13.1 Å². The van der Waals surface area contributed by atoms with E-state index in [1.54, 1.807) is 27.8 Å². The van der Waals surface area contributed by atoms with Gasteiger partial charge in [-0.3, -0.25) is 9.69 Å². The molecule has 2 saturated heterocycles. The van der Waals surface area contributed by atoms with Crippen LogP contribution >= 0.6 is 24.0 Å².